The van der Waals surface area contributed by atoms with Crippen LogP contribution in [0.3, 0.4) is 0 Å². The Labute approximate surface area is 67.9 Å². The molecule has 0 aromatic heterocycles. The predicted molar refractivity (Wildman–Crippen MR) is 48.2 cm³/mol. The zero-order valence-corrected chi connectivity index (χ0v) is 7.28. The maximum Gasteiger partial charge on any atom is 0.0395 e. The minimum absolute atomic E-state index is 0.822. The van der Waals surface area contributed by atoms with Gasteiger partial charge in [0.15, 0.2) is 0 Å². The number of allylic oxidation sites excluding steroid dienone is 5. The zero-order chi connectivity index (χ0) is 7.98. The Kier molecular flexibility index (Phi) is 5.05. The molecule has 0 unspecified atom stereocenters. The van der Waals surface area contributed by atoms with Crippen molar-refractivity contribution in [2.45, 2.75) is 20.3 Å². The van der Waals surface area contributed by atoms with Crippen LogP contribution in [-0.4, -0.2) is 0 Å². The zero-order valence-electron chi connectivity index (χ0n) is 6.52. The molecule has 56 valence electrons. The van der Waals surface area contributed by atoms with Crippen LogP contribution in [0.15, 0.2) is 35.4 Å². The van der Waals surface area contributed by atoms with Crippen molar-refractivity contribution in [3.63, 3.8) is 0 Å². The first kappa shape index (κ1) is 9.51. The molecular weight excluding hydrogens is 144 g/mol. The third kappa shape index (κ3) is 3.52. The van der Waals surface area contributed by atoms with Gasteiger partial charge in [-0.3, -0.25) is 0 Å². The molecule has 0 radical (unpaired) electrons. The Morgan fingerprint density at radius 1 is 1.60 bits per heavy atom. The van der Waals surface area contributed by atoms with Crippen LogP contribution < -0.4 is 0 Å². The van der Waals surface area contributed by atoms with Crippen molar-refractivity contribution in [1.82, 2.24) is 0 Å². The average Bonchev–Trinajstić information content (AvgIpc) is 1.98. The summed E-state index contributed by atoms with van der Waals surface area (Å²) in [6.45, 7) is 7.66. The lowest BCUT2D eigenvalue weighted by atomic mass is 10.2. The van der Waals surface area contributed by atoms with E-state index in [9.17, 15) is 0 Å². The Balaban J connectivity index is 4.17. The Bertz CT molecular complexity index is 164. The number of hydrogen-bond donors (Lipinski definition) is 0. The van der Waals surface area contributed by atoms with E-state index in [1.54, 1.807) is 6.08 Å². The lowest BCUT2D eigenvalue weighted by Crippen LogP contribution is -1.73. The molecule has 0 aromatic carbocycles. The molecule has 0 spiro atoms. The first-order valence-corrected chi connectivity index (χ1v) is 3.74. The van der Waals surface area contributed by atoms with Gasteiger partial charge < -0.3 is 0 Å². The second-order valence-electron chi connectivity index (χ2n) is 2.08. The lowest BCUT2D eigenvalue weighted by molar-refractivity contribution is 1.09. The van der Waals surface area contributed by atoms with Crippen LogP contribution in [0, 0.1) is 0 Å². The molecule has 0 bridgehead atoms. The molecule has 0 aromatic rings. The van der Waals surface area contributed by atoms with E-state index < -0.39 is 0 Å². The molecular formula is C9H13Cl. The first-order chi connectivity index (χ1) is 4.72. The van der Waals surface area contributed by atoms with Gasteiger partial charge in [-0.1, -0.05) is 42.8 Å². The maximum absolute atomic E-state index is 5.86. The van der Waals surface area contributed by atoms with Gasteiger partial charge in [0.2, 0.25) is 0 Å². The quantitative estimate of drug-likeness (QED) is 0.548. The Morgan fingerprint density at radius 2 is 2.20 bits per heavy atom. The molecule has 0 amide bonds. The van der Waals surface area contributed by atoms with Crippen LogP contribution in [0.2, 0.25) is 0 Å². The number of rotatable bonds is 3. The smallest absolute Gasteiger partial charge is 0.0395 e. The normalized spacial score (nSPS) is 13.5. The van der Waals surface area contributed by atoms with Gasteiger partial charge in [0.1, 0.15) is 0 Å². The van der Waals surface area contributed by atoms with Gasteiger partial charge >= 0.3 is 0 Å². The standard InChI is InChI=1S/C9H13Cl/c1-4-6-7-9(10)8(3)5-2/h4,6-7H,1,5H2,2-3H3/b7-6-,9-8-. The Morgan fingerprint density at radius 3 is 2.60 bits per heavy atom. The van der Waals surface area contributed by atoms with Crippen molar-refractivity contribution >= 4 is 11.6 Å². The van der Waals surface area contributed by atoms with Crippen molar-refractivity contribution in [1.29, 1.82) is 0 Å². The van der Waals surface area contributed by atoms with Gasteiger partial charge in [0.05, 0.1) is 0 Å². The fourth-order valence-electron chi connectivity index (χ4n) is 0.464. The summed E-state index contributed by atoms with van der Waals surface area (Å²) in [5, 5.41) is 0.822. The number of halogens is 1. The van der Waals surface area contributed by atoms with Gasteiger partial charge in [0, 0.05) is 5.03 Å². The van der Waals surface area contributed by atoms with E-state index in [1.165, 1.54) is 5.57 Å². The predicted octanol–water partition coefficient (Wildman–Crippen LogP) is 3.65. The lowest BCUT2D eigenvalue weighted by Gasteiger charge is -1.94. The van der Waals surface area contributed by atoms with Crippen molar-refractivity contribution < 1.29 is 0 Å². The monoisotopic (exact) mass is 156 g/mol. The van der Waals surface area contributed by atoms with Crippen LogP contribution >= 0.6 is 11.6 Å². The minimum atomic E-state index is 0.822. The van der Waals surface area contributed by atoms with Crippen LogP contribution in [0.25, 0.3) is 0 Å². The molecule has 0 saturated heterocycles. The molecule has 0 aliphatic carbocycles. The van der Waals surface area contributed by atoms with E-state index >= 15 is 0 Å². The summed E-state index contributed by atoms with van der Waals surface area (Å²) in [7, 11) is 0. The van der Waals surface area contributed by atoms with E-state index in [2.05, 4.69) is 13.5 Å². The molecule has 0 rings (SSSR count). The fraction of sp³-hybridized carbons (Fsp3) is 0.333. The summed E-state index contributed by atoms with van der Waals surface area (Å²) in [6, 6.07) is 0. The topological polar surface area (TPSA) is 0 Å². The largest absolute Gasteiger partial charge is 0.0991 e. The van der Waals surface area contributed by atoms with Gasteiger partial charge in [0.25, 0.3) is 0 Å². The molecule has 0 saturated carbocycles. The highest BCUT2D eigenvalue weighted by molar-refractivity contribution is 6.31. The highest BCUT2D eigenvalue weighted by Crippen LogP contribution is 2.12. The van der Waals surface area contributed by atoms with Crippen LogP contribution in [0.4, 0.5) is 0 Å². The summed E-state index contributed by atoms with van der Waals surface area (Å²) >= 11 is 5.86. The highest BCUT2D eigenvalue weighted by Gasteiger charge is 1.89. The molecule has 0 fully saturated rings. The van der Waals surface area contributed by atoms with Crippen LogP contribution in [0.1, 0.15) is 20.3 Å². The van der Waals surface area contributed by atoms with E-state index in [-0.39, 0.29) is 0 Å². The van der Waals surface area contributed by atoms with E-state index in [1.807, 2.05) is 19.1 Å². The van der Waals surface area contributed by atoms with E-state index in [4.69, 9.17) is 11.6 Å². The van der Waals surface area contributed by atoms with Crippen molar-refractivity contribution in [3.8, 4) is 0 Å². The molecule has 0 aliphatic rings. The minimum Gasteiger partial charge on any atom is -0.0991 e. The maximum atomic E-state index is 5.86. The molecule has 0 aliphatic heterocycles. The average molecular weight is 157 g/mol. The third-order valence-electron chi connectivity index (χ3n) is 1.32. The first-order valence-electron chi connectivity index (χ1n) is 3.36. The number of hydrogen-bond acceptors (Lipinski definition) is 0. The summed E-state index contributed by atoms with van der Waals surface area (Å²) in [6.07, 6.45) is 6.40. The van der Waals surface area contributed by atoms with Crippen LogP contribution in [0.5, 0.6) is 0 Å². The van der Waals surface area contributed by atoms with E-state index in [0.29, 0.717) is 0 Å². The molecule has 0 N–H and O–H groups in total. The van der Waals surface area contributed by atoms with Crippen molar-refractivity contribution in [2.24, 2.45) is 0 Å². The van der Waals surface area contributed by atoms with Gasteiger partial charge in [-0.2, -0.15) is 0 Å². The summed E-state index contributed by atoms with van der Waals surface area (Å²) < 4.78 is 0. The van der Waals surface area contributed by atoms with Crippen molar-refractivity contribution in [2.75, 3.05) is 0 Å². The Hall–Kier alpha value is -0.490. The van der Waals surface area contributed by atoms with Gasteiger partial charge in [-0.05, 0) is 19.4 Å². The molecule has 0 atom stereocenters. The van der Waals surface area contributed by atoms with Gasteiger partial charge in [-0.25, -0.2) is 0 Å². The van der Waals surface area contributed by atoms with Crippen molar-refractivity contribution in [3.05, 3.63) is 35.4 Å². The summed E-state index contributed by atoms with van der Waals surface area (Å²) in [5.74, 6) is 0. The molecule has 10 heavy (non-hydrogen) atoms. The van der Waals surface area contributed by atoms with E-state index in [0.717, 1.165) is 11.5 Å². The van der Waals surface area contributed by atoms with Crippen LogP contribution in [-0.2, 0) is 0 Å². The van der Waals surface area contributed by atoms with Gasteiger partial charge in [-0.15, -0.1) is 0 Å². The molecule has 0 nitrogen and oxygen atoms in total. The SMILES string of the molecule is C=C/C=C\C(Cl)=C(/C)CC. The second kappa shape index (κ2) is 5.31. The second-order valence-corrected chi connectivity index (χ2v) is 2.48. The molecule has 1 heteroatoms. The summed E-state index contributed by atoms with van der Waals surface area (Å²) in [4.78, 5) is 0. The third-order valence-corrected chi connectivity index (χ3v) is 1.77. The fourth-order valence-corrected chi connectivity index (χ4v) is 0.670. The highest BCUT2D eigenvalue weighted by atomic mass is 35.5. The summed E-state index contributed by atoms with van der Waals surface area (Å²) in [5.41, 5.74) is 1.21. The molecule has 0 heterocycles.